The van der Waals surface area contributed by atoms with Crippen molar-refractivity contribution in [3.8, 4) is 10.6 Å². The molecule has 0 aliphatic rings. The summed E-state index contributed by atoms with van der Waals surface area (Å²) >= 11 is 6.83. The summed E-state index contributed by atoms with van der Waals surface area (Å²) in [6.45, 7) is 0. The molecule has 0 saturated heterocycles. The van der Waals surface area contributed by atoms with Gasteiger partial charge in [-0.25, -0.2) is 9.37 Å². The fourth-order valence-electron chi connectivity index (χ4n) is 1.23. The number of rotatable bonds is 2. The van der Waals surface area contributed by atoms with E-state index >= 15 is 0 Å². The molecule has 1 amide bonds. The molecule has 0 radical (unpaired) electrons. The van der Waals surface area contributed by atoms with Gasteiger partial charge in [0.05, 0.1) is 5.02 Å². The zero-order valence-corrected chi connectivity index (χ0v) is 10.2. The van der Waals surface area contributed by atoms with Crippen LogP contribution >= 0.6 is 22.9 Å². The molecule has 0 unspecified atom stereocenters. The Labute approximate surface area is 109 Å². The fourth-order valence-corrected chi connectivity index (χ4v) is 2.20. The van der Waals surface area contributed by atoms with Gasteiger partial charge in [0.2, 0.25) is 0 Å². The van der Waals surface area contributed by atoms with Crippen LogP contribution in [0.1, 0.15) is 10.5 Å². The molecular weight excluding hydrogens is 279 g/mol. The SMILES string of the molecule is [N-]=[N+]=NC(=O)c1csc(-c2ccc(F)c(Cl)c2)n1. The first-order valence-corrected chi connectivity index (χ1v) is 5.88. The molecule has 90 valence electrons. The van der Waals surface area contributed by atoms with E-state index < -0.39 is 11.7 Å². The summed E-state index contributed by atoms with van der Waals surface area (Å²) in [7, 11) is 0. The molecule has 8 heteroatoms. The van der Waals surface area contributed by atoms with E-state index in [4.69, 9.17) is 17.1 Å². The zero-order valence-electron chi connectivity index (χ0n) is 8.67. The van der Waals surface area contributed by atoms with Crippen molar-refractivity contribution < 1.29 is 9.18 Å². The summed E-state index contributed by atoms with van der Waals surface area (Å²) in [6, 6.07) is 4.13. The topological polar surface area (TPSA) is 78.7 Å². The normalized spacial score (nSPS) is 9.89. The van der Waals surface area contributed by atoms with Gasteiger partial charge >= 0.3 is 0 Å². The first kappa shape index (κ1) is 12.5. The van der Waals surface area contributed by atoms with E-state index in [1.807, 2.05) is 0 Å². The number of amides is 1. The average molecular weight is 283 g/mol. The number of hydrogen-bond acceptors (Lipinski definition) is 3. The quantitative estimate of drug-likeness (QED) is 0.473. The standard InChI is InChI=1S/C10H4ClFN4OS/c11-6-3-5(1-2-7(6)12)10-14-8(4-18-10)9(17)15-16-13/h1-4H. The first-order valence-electron chi connectivity index (χ1n) is 4.62. The van der Waals surface area contributed by atoms with Crippen molar-refractivity contribution in [1.82, 2.24) is 4.98 Å². The molecule has 0 aliphatic carbocycles. The second-order valence-electron chi connectivity index (χ2n) is 3.16. The Hall–Kier alpha value is -1.95. The fraction of sp³-hybridized carbons (Fsp3) is 0. The van der Waals surface area contributed by atoms with Crippen LogP contribution < -0.4 is 0 Å². The van der Waals surface area contributed by atoms with Gasteiger partial charge < -0.3 is 0 Å². The molecular formula is C10H4ClFN4OS. The maximum Gasteiger partial charge on any atom is 0.268 e. The number of nitrogens with zero attached hydrogens (tertiary/aromatic N) is 4. The highest BCUT2D eigenvalue weighted by Gasteiger charge is 2.11. The summed E-state index contributed by atoms with van der Waals surface area (Å²) in [6.07, 6.45) is 0. The van der Waals surface area contributed by atoms with E-state index in [0.717, 1.165) is 0 Å². The lowest BCUT2D eigenvalue weighted by Crippen LogP contribution is -1.93. The van der Waals surface area contributed by atoms with Crippen LogP contribution in [0.5, 0.6) is 0 Å². The van der Waals surface area contributed by atoms with Gasteiger partial charge in [-0.1, -0.05) is 11.6 Å². The Balaban J connectivity index is 2.37. The molecule has 0 N–H and O–H groups in total. The lowest BCUT2D eigenvalue weighted by Gasteiger charge is -1.97. The lowest BCUT2D eigenvalue weighted by molar-refractivity contribution is 0.0996. The number of carbonyl (C=O) groups is 1. The molecule has 0 atom stereocenters. The number of aromatic nitrogens is 1. The highest BCUT2D eigenvalue weighted by atomic mass is 35.5. The third kappa shape index (κ3) is 2.48. The average Bonchev–Trinajstić information content (AvgIpc) is 2.82. The van der Waals surface area contributed by atoms with Gasteiger partial charge in [0.1, 0.15) is 16.5 Å². The monoisotopic (exact) mass is 282 g/mol. The molecule has 0 fully saturated rings. The van der Waals surface area contributed by atoms with Crippen LogP contribution in [0, 0.1) is 5.82 Å². The number of thiazole rings is 1. The van der Waals surface area contributed by atoms with Crippen molar-refractivity contribution in [1.29, 1.82) is 0 Å². The predicted octanol–water partition coefficient (Wildman–Crippen LogP) is 4.05. The van der Waals surface area contributed by atoms with Gasteiger partial charge in [-0.05, 0) is 28.8 Å². The minimum atomic E-state index is -0.756. The van der Waals surface area contributed by atoms with Crippen LogP contribution in [-0.4, -0.2) is 10.9 Å². The van der Waals surface area contributed by atoms with E-state index in [9.17, 15) is 9.18 Å². The van der Waals surface area contributed by atoms with Gasteiger partial charge in [0, 0.05) is 15.9 Å². The Kier molecular flexibility index (Phi) is 3.57. The van der Waals surface area contributed by atoms with Crippen LogP contribution in [0.15, 0.2) is 28.7 Å². The third-order valence-electron chi connectivity index (χ3n) is 2.03. The summed E-state index contributed by atoms with van der Waals surface area (Å²) in [5.74, 6) is -1.28. The minimum absolute atomic E-state index is 0.0226. The summed E-state index contributed by atoms with van der Waals surface area (Å²) in [4.78, 5) is 17.6. The van der Waals surface area contributed by atoms with Crippen molar-refractivity contribution in [2.24, 2.45) is 5.11 Å². The highest BCUT2D eigenvalue weighted by molar-refractivity contribution is 7.13. The molecule has 0 aliphatic heterocycles. The first-order chi connectivity index (χ1) is 8.61. The predicted molar refractivity (Wildman–Crippen MR) is 66.0 cm³/mol. The van der Waals surface area contributed by atoms with Gasteiger partial charge in [-0.2, -0.15) is 0 Å². The van der Waals surface area contributed by atoms with Crippen molar-refractivity contribution in [2.45, 2.75) is 0 Å². The van der Waals surface area contributed by atoms with E-state index in [1.54, 1.807) is 0 Å². The summed E-state index contributed by atoms with van der Waals surface area (Å²) < 4.78 is 13.0. The van der Waals surface area contributed by atoms with Crippen LogP contribution in [-0.2, 0) is 0 Å². The number of benzene rings is 1. The van der Waals surface area contributed by atoms with E-state index in [-0.39, 0.29) is 10.7 Å². The Morgan fingerprint density at radius 3 is 3.00 bits per heavy atom. The summed E-state index contributed by atoms with van der Waals surface area (Å²) in [5, 5.41) is 4.87. The number of halogens is 2. The summed E-state index contributed by atoms with van der Waals surface area (Å²) in [5.41, 5.74) is 8.78. The molecule has 1 aromatic carbocycles. The van der Waals surface area contributed by atoms with E-state index in [0.29, 0.717) is 10.6 Å². The second-order valence-corrected chi connectivity index (χ2v) is 4.43. The van der Waals surface area contributed by atoms with Crippen LogP contribution in [0.25, 0.3) is 21.0 Å². The van der Waals surface area contributed by atoms with Crippen LogP contribution in [0.4, 0.5) is 4.39 Å². The highest BCUT2D eigenvalue weighted by Crippen LogP contribution is 2.27. The number of carbonyl (C=O) groups excluding carboxylic acids is 1. The second kappa shape index (κ2) is 5.14. The molecule has 2 rings (SSSR count). The molecule has 5 nitrogen and oxygen atoms in total. The number of azide groups is 1. The molecule has 2 aromatic rings. The van der Waals surface area contributed by atoms with Crippen LogP contribution in [0.3, 0.4) is 0 Å². The molecule has 1 heterocycles. The lowest BCUT2D eigenvalue weighted by atomic mass is 10.2. The van der Waals surface area contributed by atoms with Crippen LogP contribution in [0.2, 0.25) is 5.02 Å². The molecule has 18 heavy (non-hydrogen) atoms. The molecule has 0 spiro atoms. The maximum absolute atomic E-state index is 13.0. The maximum atomic E-state index is 13.0. The molecule has 0 saturated carbocycles. The number of hydrogen-bond donors (Lipinski definition) is 0. The Morgan fingerprint density at radius 1 is 1.56 bits per heavy atom. The van der Waals surface area contributed by atoms with Gasteiger partial charge in [-0.15, -0.1) is 11.3 Å². The molecule has 0 bridgehead atoms. The Morgan fingerprint density at radius 2 is 2.33 bits per heavy atom. The zero-order chi connectivity index (χ0) is 13.1. The van der Waals surface area contributed by atoms with Gasteiger partial charge in [-0.3, -0.25) is 4.79 Å². The molecule has 1 aromatic heterocycles. The minimum Gasteiger partial charge on any atom is -0.285 e. The van der Waals surface area contributed by atoms with Crippen molar-refractivity contribution >= 4 is 28.8 Å². The van der Waals surface area contributed by atoms with Gasteiger partial charge in [0.15, 0.2) is 0 Å². The van der Waals surface area contributed by atoms with Crippen molar-refractivity contribution in [3.05, 3.63) is 50.6 Å². The van der Waals surface area contributed by atoms with E-state index in [1.165, 1.54) is 34.9 Å². The van der Waals surface area contributed by atoms with Crippen molar-refractivity contribution in [3.63, 3.8) is 0 Å². The Bertz CT molecular complexity index is 666. The van der Waals surface area contributed by atoms with E-state index in [2.05, 4.69) is 15.0 Å². The smallest absolute Gasteiger partial charge is 0.268 e. The van der Waals surface area contributed by atoms with Crippen molar-refractivity contribution in [2.75, 3.05) is 0 Å². The van der Waals surface area contributed by atoms with Gasteiger partial charge in [0.25, 0.3) is 5.91 Å². The largest absolute Gasteiger partial charge is 0.285 e. The third-order valence-corrected chi connectivity index (χ3v) is 3.21.